The van der Waals surface area contributed by atoms with E-state index in [4.69, 9.17) is 20.6 Å². The Hall–Kier alpha value is -0.500. The van der Waals surface area contributed by atoms with E-state index in [1.807, 2.05) is 13.0 Å². The Morgan fingerprint density at radius 3 is 2.47 bits per heavy atom. The molecule has 1 aromatic rings. The summed E-state index contributed by atoms with van der Waals surface area (Å²) < 4.78 is 23.8. The molecule has 108 valence electrons. The molecule has 0 radical (unpaired) electrons. The van der Waals surface area contributed by atoms with Crippen molar-refractivity contribution in [2.24, 2.45) is 0 Å². The standard InChI is InChI=1S/C14H22ClO3P/c1-3-5-11-17-19(16,12-6-4-2)18-14-10-8-7-9-13(14)15/h7-10H,3-6,11-12H2,1-2H3. The van der Waals surface area contributed by atoms with E-state index in [0.717, 1.165) is 25.7 Å². The lowest BCUT2D eigenvalue weighted by molar-refractivity contribution is 0.259. The molecule has 0 aliphatic carbocycles. The van der Waals surface area contributed by atoms with Gasteiger partial charge in [-0.15, -0.1) is 0 Å². The molecule has 0 spiro atoms. The monoisotopic (exact) mass is 304 g/mol. The summed E-state index contributed by atoms with van der Waals surface area (Å²) in [6, 6.07) is 7.04. The van der Waals surface area contributed by atoms with Gasteiger partial charge in [-0.25, -0.2) is 4.57 Å². The number of hydrogen-bond donors (Lipinski definition) is 0. The average Bonchev–Trinajstić information content (AvgIpc) is 2.40. The SMILES string of the molecule is CCCCOP(=O)(CCCC)Oc1ccccc1Cl. The highest BCUT2D eigenvalue weighted by Crippen LogP contribution is 2.50. The maximum atomic E-state index is 12.7. The third kappa shape index (κ3) is 5.99. The van der Waals surface area contributed by atoms with Crippen LogP contribution < -0.4 is 4.52 Å². The van der Waals surface area contributed by atoms with Crippen LogP contribution >= 0.6 is 19.2 Å². The Labute approximate surface area is 120 Å². The molecule has 0 N–H and O–H groups in total. The van der Waals surface area contributed by atoms with Gasteiger partial charge in [-0.05, 0) is 25.0 Å². The summed E-state index contributed by atoms with van der Waals surface area (Å²) in [4.78, 5) is 0. The number of rotatable bonds is 9. The summed E-state index contributed by atoms with van der Waals surface area (Å²) in [5.41, 5.74) is 0. The zero-order valence-electron chi connectivity index (χ0n) is 11.6. The number of halogens is 1. The Kier molecular flexibility index (Phi) is 7.52. The molecule has 0 saturated carbocycles. The quantitative estimate of drug-likeness (QED) is 0.444. The van der Waals surface area contributed by atoms with Crippen LogP contribution in [0.1, 0.15) is 39.5 Å². The van der Waals surface area contributed by atoms with E-state index in [1.165, 1.54) is 0 Å². The van der Waals surface area contributed by atoms with Gasteiger partial charge in [0.25, 0.3) is 0 Å². The Bertz CT molecular complexity index is 423. The summed E-state index contributed by atoms with van der Waals surface area (Å²) >= 11 is 6.02. The molecule has 19 heavy (non-hydrogen) atoms. The van der Waals surface area contributed by atoms with Crippen LogP contribution in [-0.2, 0) is 9.09 Å². The van der Waals surface area contributed by atoms with Crippen LogP contribution in [0.2, 0.25) is 5.02 Å². The first-order chi connectivity index (χ1) is 9.11. The highest BCUT2D eigenvalue weighted by Gasteiger charge is 2.26. The van der Waals surface area contributed by atoms with E-state index in [2.05, 4.69) is 6.92 Å². The van der Waals surface area contributed by atoms with E-state index < -0.39 is 7.60 Å². The fraction of sp³-hybridized carbons (Fsp3) is 0.571. The second-order valence-corrected chi connectivity index (χ2v) is 6.91. The molecular weight excluding hydrogens is 283 g/mol. The van der Waals surface area contributed by atoms with Gasteiger partial charge >= 0.3 is 7.60 Å². The number of hydrogen-bond acceptors (Lipinski definition) is 3. The summed E-state index contributed by atoms with van der Waals surface area (Å²) in [5.74, 6) is 0.431. The van der Waals surface area contributed by atoms with Crippen molar-refractivity contribution in [1.29, 1.82) is 0 Å². The molecule has 3 nitrogen and oxygen atoms in total. The summed E-state index contributed by atoms with van der Waals surface area (Å²) in [5, 5.41) is 0.457. The minimum absolute atomic E-state index is 0.429. The van der Waals surface area contributed by atoms with Gasteiger partial charge in [-0.2, -0.15) is 0 Å². The predicted molar refractivity (Wildman–Crippen MR) is 80.3 cm³/mol. The van der Waals surface area contributed by atoms with Crippen molar-refractivity contribution < 1.29 is 13.6 Å². The topological polar surface area (TPSA) is 35.5 Å². The van der Waals surface area contributed by atoms with Gasteiger partial charge in [0.2, 0.25) is 0 Å². The van der Waals surface area contributed by atoms with Crippen LogP contribution in [0.15, 0.2) is 24.3 Å². The molecule has 0 aromatic heterocycles. The van der Waals surface area contributed by atoms with Gasteiger partial charge in [0.05, 0.1) is 17.8 Å². The minimum Gasteiger partial charge on any atom is -0.423 e. The zero-order valence-corrected chi connectivity index (χ0v) is 13.3. The van der Waals surface area contributed by atoms with Crippen molar-refractivity contribution in [3.05, 3.63) is 29.3 Å². The molecule has 0 aliphatic heterocycles. The first-order valence-corrected chi connectivity index (χ1v) is 8.89. The molecule has 5 heteroatoms. The van der Waals surface area contributed by atoms with E-state index >= 15 is 0 Å². The molecule has 1 aromatic carbocycles. The molecule has 0 aliphatic rings. The van der Waals surface area contributed by atoms with Gasteiger partial charge < -0.3 is 4.52 Å². The van der Waals surface area contributed by atoms with Gasteiger partial charge in [0.1, 0.15) is 5.75 Å². The molecule has 0 saturated heterocycles. The molecule has 0 bridgehead atoms. The summed E-state index contributed by atoms with van der Waals surface area (Å²) in [7, 11) is -3.10. The largest absolute Gasteiger partial charge is 0.423 e. The van der Waals surface area contributed by atoms with Crippen LogP contribution in [0.3, 0.4) is 0 Å². The molecule has 0 heterocycles. The maximum absolute atomic E-state index is 12.7. The van der Waals surface area contributed by atoms with Crippen molar-refractivity contribution in [3.63, 3.8) is 0 Å². The summed E-state index contributed by atoms with van der Waals surface area (Å²) in [6.07, 6.45) is 4.07. The number of para-hydroxylation sites is 1. The van der Waals surface area contributed by atoms with Crippen molar-refractivity contribution in [2.45, 2.75) is 39.5 Å². The Balaban J connectivity index is 2.73. The van der Waals surface area contributed by atoms with E-state index in [9.17, 15) is 4.57 Å². The first-order valence-electron chi connectivity index (χ1n) is 6.79. The normalized spacial score (nSPS) is 14.1. The lowest BCUT2D eigenvalue weighted by Gasteiger charge is -2.19. The van der Waals surface area contributed by atoms with Crippen molar-refractivity contribution in [1.82, 2.24) is 0 Å². The van der Waals surface area contributed by atoms with Gasteiger partial charge in [0.15, 0.2) is 0 Å². The Morgan fingerprint density at radius 2 is 1.84 bits per heavy atom. The third-order valence-electron chi connectivity index (χ3n) is 2.65. The third-order valence-corrected chi connectivity index (χ3v) is 4.87. The summed E-state index contributed by atoms with van der Waals surface area (Å²) in [6.45, 7) is 4.57. The molecule has 1 unspecified atom stereocenters. The van der Waals surface area contributed by atoms with Gasteiger partial charge in [0, 0.05) is 0 Å². The molecule has 0 amide bonds. The minimum atomic E-state index is -3.10. The Morgan fingerprint density at radius 1 is 1.16 bits per heavy atom. The zero-order chi connectivity index (χ0) is 14.1. The van der Waals surface area contributed by atoms with Crippen molar-refractivity contribution in [3.8, 4) is 5.75 Å². The highest BCUT2D eigenvalue weighted by molar-refractivity contribution is 7.54. The van der Waals surface area contributed by atoms with Crippen molar-refractivity contribution >= 4 is 19.2 Å². The second-order valence-electron chi connectivity index (χ2n) is 4.40. The lowest BCUT2D eigenvalue weighted by atomic mass is 10.3. The van der Waals surface area contributed by atoms with Crippen LogP contribution in [0.25, 0.3) is 0 Å². The van der Waals surface area contributed by atoms with Gasteiger partial charge in [-0.3, -0.25) is 4.52 Å². The molecular formula is C14H22ClO3P. The van der Waals surface area contributed by atoms with E-state index in [1.54, 1.807) is 18.2 Å². The highest BCUT2D eigenvalue weighted by atomic mass is 35.5. The molecule has 1 atom stereocenters. The number of benzene rings is 1. The number of unbranched alkanes of at least 4 members (excludes halogenated alkanes) is 2. The molecule has 0 fully saturated rings. The predicted octanol–water partition coefficient (Wildman–Crippen LogP) is 5.53. The first kappa shape index (κ1) is 16.6. The van der Waals surface area contributed by atoms with Crippen molar-refractivity contribution in [2.75, 3.05) is 12.8 Å². The van der Waals surface area contributed by atoms with Crippen LogP contribution in [0.4, 0.5) is 0 Å². The fourth-order valence-electron chi connectivity index (χ4n) is 1.50. The maximum Gasteiger partial charge on any atom is 0.379 e. The lowest BCUT2D eigenvalue weighted by Crippen LogP contribution is -2.04. The van der Waals surface area contributed by atoms with Gasteiger partial charge in [-0.1, -0.05) is 50.4 Å². The smallest absolute Gasteiger partial charge is 0.379 e. The molecule has 1 rings (SSSR count). The average molecular weight is 305 g/mol. The van der Waals surface area contributed by atoms with E-state index in [-0.39, 0.29) is 0 Å². The van der Waals surface area contributed by atoms with Crippen LogP contribution in [0, 0.1) is 0 Å². The van der Waals surface area contributed by atoms with Crippen LogP contribution in [0.5, 0.6) is 5.75 Å². The van der Waals surface area contributed by atoms with E-state index in [0.29, 0.717) is 23.5 Å². The fourth-order valence-corrected chi connectivity index (χ4v) is 3.58. The van der Waals surface area contributed by atoms with Crippen LogP contribution in [-0.4, -0.2) is 12.8 Å². The second kappa shape index (κ2) is 8.63.